The van der Waals surface area contributed by atoms with E-state index in [1.807, 2.05) is 6.07 Å². The van der Waals surface area contributed by atoms with E-state index >= 15 is 0 Å². The molecule has 0 bridgehead atoms. The molecule has 0 spiro atoms. The number of nitrogens with one attached hydrogen (secondary N) is 1. The Kier molecular flexibility index (Phi) is 8.48. The number of benzene rings is 1. The second-order valence-electron chi connectivity index (χ2n) is 6.00. The first-order valence-electron chi connectivity index (χ1n) is 8.01. The molecular weight excluding hydrogens is 335 g/mol. The fourth-order valence-electron chi connectivity index (χ4n) is 3.60. The van der Waals surface area contributed by atoms with Crippen LogP contribution in [0, 0.1) is 5.92 Å². The molecule has 3 rings (SSSR count). The standard InChI is InChI=1S/C17H26N2O2.2ClH/c1-20-14-7-4-8-15(21-2)16(14)17(13-5-3-6-13)19-11-9-18-10-12-19;;/h4,7-8,13,17-18H,3,5-6,9-12H2,1-2H3;2*1H/t17-;;/m0../s1. The molecule has 1 aliphatic carbocycles. The Balaban J connectivity index is 0.00000132. The van der Waals surface area contributed by atoms with Crippen LogP contribution in [0.25, 0.3) is 0 Å². The summed E-state index contributed by atoms with van der Waals surface area (Å²) in [4.78, 5) is 2.61. The molecule has 1 saturated carbocycles. The minimum Gasteiger partial charge on any atom is -0.496 e. The molecule has 23 heavy (non-hydrogen) atoms. The molecule has 1 aromatic rings. The summed E-state index contributed by atoms with van der Waals surface area (Å²) >= 11 is 0. The Morgan fingerprint density at radius 3 is 2.04 bits per heavy atom. The Bertz CT molecular complexity index is 455. The van der Waals surface area contributed by atoms with Gasteiger partial charge in [-0.3, -0.25) is 4.90 Å². The Labute approximate surface area is 151 Å². The predicted molar refractivity (Wildman–Crippen MR) is 98.6 cm³/mol. The molecule has 0 unspecified atom stereocenters. The molecular formula is C17H28Cl2N2O2. The van der Waals surface area contributed by atoms with Crippen molar-refractivity contribution in [3.05, 3.63) is 23.8 Å². The van der Waals surface area contributed by atoms with Gasteiger partial charge in [-0.15, -0.1) is 24.8 Å². The molecule has 1 saturated heterocycles. The Morgan fingerprint density at radius 1 is 1.04 bits per heavy atom. The summed E-state index contributed by atoms with van der Waals surface area (Å²) in [5.74, 6) is 2.66. The topological polar surface area (TPSA) is 33.7 Å². The molecule has 2 aliphatic rings. The van der Waals surface area contributed by atoms with Crippen molar-refractivity contribution < 1.29 is 9.47 Å². The number of hydrogen-bond donors (Lipinski definition) is 1. The SMILES string of the molecule is COc1cccc(OC)c1[C@H](C1CCC1)N1CCNCC1.Cl.Cl. The summed E-state index contributed by atoms with van der Waals surface area (Å²) in [6.45, 7) is 4.34. The minimum atomic E-state index is 0. The number of methoxy groups -OCH3 is 2. The van der Waals surface area contributed by atoms with Gasteiger partial charge in [0.15, 0.2) is 0 Å². The summed E-state index contributed by atoms with van der Waals surface area (Å²) < 4.78 is 11.3. The third-order valence-corrected chi connectivity index (χ3v) is 4.90. The third kappa shape index (κ3) is 4.24. The maximum Gasteiger partial charge on any atom is 0.127 e. The van der Waals surface area contributed by atoms with E-state index in [0.29, 0.717) is 6.04 Å². The van der Waals surface area contributed by atoms with Gasteiger partial charge in [0.1, 0.15) is 11.5 Å². The van der Waals surface area contributed by atoms with Crippen LogP contribution in [0.5, 0.6) is 11.5 Å². The molecule has 1 heterocycles. The average Bonchev–Trinajstić information content (AvgIpc) is 2.50. The molecule has 0 radical (unpaired) electrons. The van der Waals surface area contributed by atoms with Gasteiger partial charge in [-0.2, -0.15) is 0 Å². The van der Waals surface area contributed by atoms with Crippen LogP contribution in [0.1, 0.15) is 30.9 Å². The number of halogens is 2. The molecule has 0 aromatic heterocycles. The van der Waals surface area contributed by atoms with Crippen LogP contribution < -0.4 is 14.8 Å². The van der Waals surface area contributed by atoms with Gasteiger partial charge in [0.25, 0.3) is 0 Å². The Hall–Kier alpha value is -0.680. The molecule has 0 amide bonds. The molecule has 1 N–H and O–H groups in total. The van der Waals surface area contributed by atoms with Gasteiger partial charge in [0, 0.05) is 32.2 Å². The van der Waals surface area contributed by atoms with Gasteiger partial charge < -0.3 is 14.8 Å². The van der Waals surface area contributed by atoms with E-state index in [-0.39, 0.29) is 24.8 Å². The van der Waals surface area contributed by atoms with Gasteiger partial charge in [-0.1, -0.05) is 12.5 Å². The van der Waals surface area contributed by atoms with Crippen molar-refractivity contribution in [2.24, 2.45) is 5.92 Å². The van der Waals surface area contributed by atoms with Crippen LogP contribution >= 0.6 is 24.8 Å². The van der Waals surface area contributed by atoms with Crippen molar-refractivity contribution in [2.45, 2.75) is 25.3 Å². The molecule has 132 valence electrons. The number of nitrogens with zero attached hydrogens (tertiary/aromatic N) is 1. The molecule has 1 aromatic carbocycles. The maximum absolute atomic E-state index is 5.66. The maximum atomic E-state index is 5.66. The first-order valence-corrected chi connectivity index (χ1v) is 8.01. The molecule has 1 atom stereocenters. The lowest BCUT2D eigenvalue weighted by Crippen LogP contribution is -2.48. The smallest absolute Gasteiger partial charge is 0.127 e. The highest BCUT2D eigenvalue weighted by Gasteiger charge is 2.36. The number of piperazine rings is 1. The lowest BCUT2D eigenvalue weighted by molar-refractivity contribution is 0.0799. The molecule has 4 nitrogen and oxygen atoms in total. The third-order valence-electron chi connectivity index (χ3n) is 4.90. The summed E-state index contributed by atoms with van der Waals surface area (Å²) in [7, 11) is 3.52. The van der Waals surface area contributed by atoms with Crippen LogP contribution in [-0.4, -0.2) is 45.3 Å². The van der Waals surface area contributed by atoms with Gasteiger partial charge in [0.2, 0.25) is 0 Å². The minimum absolute atomic E-state index is 0. The van der Waals surface area contributed by atoms with Crippen molar-refractivity contribution in [3.63, 3.8) is 0 Å². The predicted octanol–water partition coefficient (Wildman–Crippen LogP) is 3.29. The van der Waals surface area contributed by atoms with Crippen molar-refractivity contribution in [1.29, 1.82) is 0 Å². The second kappa shape index (κ2) is 9.58. The van der Waals surface area contributed by atoms with E-state index < -0.39 is 0 Å². The highest BCUT2D eigenvalue weighted by molar-refractivity contribution is 5.85. The summed E-state index contributed by atoms with van der Waals surface area (Å²) in [5, 5.41) is 3.45. The molecule has 2 fully saturated rings. The Morgan fingerprint density at radius 2 is 1.61 bits per heavy atom. The highest BCUT2D eigenvalue weighted by atomic mass is 35.5. The van der Waals surface area contributed by atoms with E-state index in [4.69, 9.17) is 9.47 Å². The van der Waals surface area contributed by atoms with E-state index in [0.717, 1.165) is 43.6 Å². The summed E-state index contributed by atoms with van der Waals surface area (Å²) in [6.07, 6.45) is 3.98. The van der Waals surface area contributed by atoms with Crippen molar-refractivity contribution >= 4 is 24.8 Å². The quantitative estimate of drug-likeness (QED) is 0.871. The van der Waals surface area contributed by atoms with Gasteiger partial charge in [-0.05, 0) is 30.9 Å². The van der Waals surface area contributed by atoms with Gasteiger partial charge >= 0.3 is 0 Å². The molecule has 6 heteroatoms. The zero-order valence-corrected chi connectivity index (χ0v) is 15.5. The zero-order valence-electron chi connectivity index (χ0n) is 13.9. The summed E-state index contributed by atoms with van der Waals surface area (Å²) in [5.41, 5.74) is 1.24. The molecule has 1 aliphatic heterocycles. The zero-order chi connectivity index (χ0) is 14.7. The van der Waals surface area contributed by atoms with Crippen LogP contribution in [0.4, 0.5) is 0 Å². The van der Waals surface area contributed by atoms with Gasteiger partial charge in [0.05, 0.1) is 19.8 Å². The lowest BCUT2D eigenvalue weighted by Gasteiger charge is -2.44. The first kappa shape index (κ1) is 20.4. The van der Waals surface area contributed by atoms with Crippen LogP contribution in [0.15, 0.2) is 18.2 Å². The highest BCUT2D eigenvalue weighted by Crippen LogP contribution is 2.47. The average molecular weight is 363 g/mol. The van der Waals surface area contributed by atoms with Crippen molar-refractivity contribution in [3.8, 4) is 11.5 Å². The largest absolute Gasteiger partial charge is 0.496 e. The first-order chi connectivity index (χ1) is 10.3. The van der Waals surface area contributed by atoms with E-state index in [1.165, 1.54) is 24.8 Å². The van der Waals surface area contributed by atoms with E-state index in [2.05, 4.69) is 22.3 Å². The normalized spacial score (nSPS) is 19.7. The summed E-state index contributed by atoms with van der Waals surface area (Å²) in [6, 6.07) is 6.56. The van der Waals surface area contributed by atoms with Crippen LogP contribution in [-0.2, 0) is 0 Å². The number of ether oxygens (including phenoxy) is 2. The van der Waals surface area contributed by atoms with E-state index in [9.17, 15) is 0 Å². The number of hydrogen-bond acceptors (Lipinski definition) is 4. The lowest BCUT2D eigenvalue weighted by atomic mass is 9.75. The van der Waals surface area contributed by atoms with Crippen molar-refractivity contribution in [1.82, 2.24) is 10.2 Å². The van der Waals surface area contributed by atoms with Gasteiger partial charge in [-0.25, -0.2) is 0 Å². The van der Waals surface area contributed by atoms with Crippen molar-refractivity contribution in [2.75, 3.05) is 40.4 Å². The number of rotatable bonds is 5. The van der Waals surface area contributed by atoms with Crippen LogP contribution in [0.2, 0.25) is 0 Å². The fourth-order valence-corrected chi connectivity index (χ4v) is 3.60. The van der Waals surface area contributed by atoms with Crippen LogP contribution in [0.3, 0.4) is 0 Å². The van der Waals surface area contributed by atoms with E-state index in [1.54, 1.807) is 14.2 Å². The monoisotopic (exact) mass is 362 g/mol. The second-order valence-corrected chi connectivity index (χ2v) is 6.00. The fraction of sp³-hybridized carbons (Fsp3) is 0.647.